The van der Waals surface area contributed by atoms with Crippen LogP contribution >= 0.6 is 0 Å². The molecule has 1 atom stereocenters. The van der Waals surface area contributed by atoms with E-state index < -0.39 is 12.0 Å². The smallest absolute Gasteiger partial charge is 0.324 e. The lowest BCUT2D eigenvalue weighted by atomic mass is 10.1. The monoisotopic (exact) mass is 317 g/mol. The zero-order valence-corrected chi connectivity index (χ0v) is 14.1. The third-order valence-electron chi connectivity index (χ3n) is 4.32. The van der Waals surface area contributed by atoms with Crippen molar-refractivity contribution in [1.29, 1.82) is 0 Å². The molecule has 126 valence electrons. The first kappa shape index (κ1) is 17.6. The Morgan fingerprint density at radius 3 is 2.74 bits per heavy atom. The highest BCUT2D eigenvalue weighted by molar-refractivity contribution is 5.75. The van der Waals surface area contributed by atoms with Crippen LogP contribution in [0.5, 0.6) is 0 Å². The second-order valence-corrected chi connectivity index (χ2v) is 6.08. The SMILES string of the molecule is CCCC=CC(C(=O)O)N1CCN(Cc2ncccc2C)CC1. The van der Waals surface area contributed by atoms with Crippen molar-refractivity contribution in [3.8, 4) is 0 Å². The Morgan fingerprint density at radius 2 is 2.13 bits per heavy atom. The number of allylic oxidation sites excluding steroid dienone is 1. The lowest BCUT2D eigenvalue weighted by molar-refractivity contribution is -0.142. The Bertz CT molecular complexity index is 537. The summed E-state index contributed by atoms with van der Waals surface area (Å²) in [6.45, 7) is 8.32. The first-order valence-electron chi connectivity index (χ1n) is 8.38. The maximum absolute atomic E-state index is 11.5. The molecule has 1 saturated heterocycles. The highest BCUT2D eigenvalue weighted by atomic mass is 16.4. The number of unbranched alkanes of at least 4 members (excludes halogenated alkanes) is 1. The Kier molecular flexibility index (Phi) is 6.74. The van der Waals surface area contributed by atoms with E-state index in [9.17, 15) is 9.90 Å². The van der Waals surface area contributed by atoms with Gasteiger partial charge in [-0.1, -0.05) is 31.6 Å². The van der Waals surface area contributed by atoms with E-state index in [1.807, 2.05) is 24.4 Å². The number of aromatic nitrogens is 1. The van der Waals surface area contributed by atoms with Gasteiger partial charge in [0.2, 0.25) is 0 Å². The molecule has 0 spiro atoms. The van der Waals surface area contributed by atoms with E-state index in [1.54, 1.807) is 0 Å². The van der Waals surface area contributed by atoms with Crippen LogP contribution in [-0.4, -0.2) is 58.1 Å². The minimum atomic E-state index is -0.758. The molecule has 0 aromatic carbocycles. The largest absolute Gasteiger partial charge is 0.480 e. The molecular formula is C18H27N3O2. The first-order chi connectivity index (χ1) is 11.1. The van der Waals surface area contributed by atoms with E-state index in [0.29, 0.717) is 0 Å². The Balaban J connectivity index is 1.89. The van der Waals surface area contributed by atoms with E-state index in [1.165, 1.54) is 5.56 Å². The van der Waals surface area contributed by atoms with Crippen molar-refractivity contribution in [2.75, 3.05) is 26.2 Å². The molecule has 1 fully saturated rings. The van der Waals surface area contributed by atoms with Crippen LogP contribution in [0.3, 0.4) is 0 Å². The number of hydrogen-bond acceptors (Lipinski definition) is 4. The second kappa shape index (κ2) is 8.79. The molecular weight excluding hydrogens is 290 g/mol. The molecule has 0 aliphatic carbocycles. The fourth-order valence-electron chi connectivity index (χ4n) is 2.85. The number of hydrogen-bond donors (Lipinski definition) is 1. The fraction of sp³-hybridized carbons (Fsp3) is 0.556. The maximum Gasteiger partial charge on any atom is 0.324 e. The highest BCUT2D eigenvalue weighted by Gasteiger charge is 2.26. The summed E-state index contributed by atoms with van der Waals surface area (Å²) in [7, 11) is 0. The van der Waals surface area contributed by atoms with Gasteiger partial charge in [0.15, 0.2) is 0 Å². The first-order valence-corrected chi connectivity index (χ1v) is 8.38. The fourth-order valence-corrected chi connectivity index (χ4v) is 2.85. The van der Waals surface area contributed by atoms with Gasteiger partial charge in [-0.15, -0.1) is 0 Å². The quantitative estimate of drug-likeness (QED) is 0.782. The number of nitrogens with zero attached hydrogens (tertiary/aromatic N) is 3. The average Bonchev–Trinajstić information content (AvgIpc) is 2.54. The summed E-state index contributed by atoms with van der Waals surface area (Å²) in [5.41, 5.74) is 2.32. The summed E-state index contributed by atoms with van der Waals surface area (Å²) in [4.78, 5) is 20.3. The molecule has 1 aromatic heterocycles. The standard InChI is InChI=1S/C18H27N3O2/c1-3-4-5-8-17(18(22)23)21-12-10-20(11-13-21)14-16-15(2)7-6-9-19-16/h5-9,17H,3-4,10-14H2,1-2H3,(H,22,23). The number of aliphatic carboxylic acids is 1. The maximum atomic E-state index is 11.5. The molecule has 0 bridgehead atoms. The number of carboxylic acid groups (broad SMARTS) is 1. The van der Waals surface area contributed by atoms with Crippen molar-refractivity contribution in [2.45, 2.75) is 39.3 Å². The van der Waals surface area contributed by atoms with Crippen LogP contribution in [-0.2, 0) is 11.3 Å². The van der Waals surface area contributed by atoms with Crippen molar-refractivity contribution < 1.29 is 9.90 Å². The molecule has 0 saturated carbocycles. The third kappa shape index (κ3) is 5.15. The van der Waals surface area contributed by atoms with Crippen molar-refractivity contribution in [3.63, 3.8) is 0 Å². The van der Waals surface area contributed by atoms with Crippen LogP contribution in [0.2, 0.25) is 0 Å². The van der Waals surface area contributed by atoms with Gasteiger partial charge in [-0.25, -0.2) is 0 Å². The van der Waals surface area contributed by atoms with E-state index in [-0.39, 0.29) is 0 Å². The summed E-state index contributed by atoms with van der Waals surface area (Å²) >= 11 is 0. The van der Waals surface area contributed by atoms with Crippen LogP contribution in [0, 0.1) is 6.92 Å². The molecule has 23 heavy (non-hydrogen) atoms. The third-order valence-corrected chi connectivity index (χ3v) is 4.32. The number of pyridine rings is 1. The zero-order chi connectivity index (χ0) is 16.7. The van der Waals surface area contributed by atoms with Crippen LogP contribution < -0.4 is 0 Å². The van der Waals surface area contributed by atoms with Gasteiger partial charge in [0.1, 0.15) is 6.04 Å². The van der Waals surface area contributed by atoms with Crippen molar-refractivity contribution in [2.24, 2.45) is 0 Å². The number of aryl methyl sites for hydroxylation is 1. The molecule has 1 aromatic rings. The molecule has 0 radical (unpaired) electrons. The van der Waals surface area contributed by atoms with E-state index >= 15 is 0 Å². The van der Waals surface area contributed by atoms with Crippen molar-refractivity contribution >= 4 is 5.97 Å². The summed E-state index contributed by atoms with van der Waals surface area (Å²) in [6.07, 6.45) is 7.63. The van der Waals surface area contributed by atoms with Gasteiger partial charge in [0.25, 0.3) is 0 Å². The number of piperazine rings is 1. The van der Waals surface area contributed by atoms with Crippen LogP contribution in [0.1, 0.15) is 31.0 Å². The molecule has 5 nitrogen and oxygen atoms in total. The number of rotatable bonds is 7. The second-order valence-electron chi connectivity index (χ2n) is 6.08. The topological polar surface area (TPSA) is 56.7 Å². The van der Waals surface area contributed by atoms with Gasteiger partial charge in [-0.3, -0.25) is 19.6 Å². The van der Waals surface area contributed by atoms with E-state index in [2.05, 4.69) is 34.7 Å². The van der Waals surface area contributed by atoms with Gasteiger partial charge in [-0.05, 0) is 25.0 Å². The van der Waals surface area contributed by atoms with Gasteiger partial charge >= 0.3 is 5.97 Å². The molecule has 1 aliphatic heterocycles. The van der Waals surface area contributed by atoms with E-state index in [4.69, 9.17) is 0 Å². The van der Waals surface area contributed by atoms with Crippen molar-refractivity contribution in [1.82, 2.24) is 14.8 Å². The Labute approximate surface area is 138 Å². The van der Waals surface area contributed by atoms with Gasteiger partial charge in [0.05, 0.1) is 5.69 Å². The lowest BCUT2D eigenvalue weighted by Crippen LogP contribution is -2.51. The zero-order valence-electron chi connectivity index (χ0n) is 14.1. The lowest BCUT2D eigenvalue weighted by Gasteiger charge is -2.36. The van der Waals surface area contributed by atoms with E-state index in [0.717, 1.165) is 51.3 Å². The van der Waals surface area contributed by atoms with Gasteiger partial charge in [-0.2, -0.15) is 0 Å². The molecule has 1 unspecified atom stereocenters. The molecule has 2 heterocycles. The average molecular weight is 317 g/mol. The Morgan fingerprint density at radius 1 is 1.39 bits per heavy atom. The number of carboxylic acids is 1. The summed E-state index contributed by atoms with van der Waals surface area (Å²) in [5.74, 6) is -0.758. The van der Waals surface area contributed by atoms with Crippen LogP contribution in [0.4, 0.5) is 0 Å². The Hall–Kier alpha value is -1.72. The minimum Gasteiger partial charge on any atom is -0.480 e. The predicted molar refractivity (Wildman–Crippen MR) is 91.3 cm³/mol. The highest BCUT2D eigenvalue weighted by Crippen LogP contribution is 2.13. The van der Waals surface area contributed by atoms with Crippen LogP contribution in [0.15, 0.2) is 30.5 Å². The molecule has 2 rings (SSSR count). The minimum absolute atomic E-state index is 0.500. The molecule has 5 heteroatoms. The predicted octanol–water partition coefficient (Wildman–Crippen LogP) is 2.32. The summed E-state index contributed by atoms with van der Waals surface area (Å²) in [5, 5.41) is 9.45. The summed E-state index contributed by atoms with van der Waals surface area (Å²) < 4.78 is 0. The molecule has 1 N–H and O–H groups in total. The van der Waals surface area contributed by atoms with Crippen molar-refractivity contribution in [3.05, 3.63) is 41.7 Å². The van der Waals surface area contributed by atoms with Crippen LogP contribution in [0.25, 0.3) is 0 Å². The van der Waals surface area contributed by atoms with Gasteiger partial charge < -0.3 is 5.11 Å². The summed E-state index contributed by atoms with van der Waals surface area (Å²) in [6, 6.07) is 3.54. The number of carbonyl (C=O) groups is 1. The molecule has 1 aliphatic rings. The molecule has 0 amide bonds. The normalized spacial score (nSPS) is 18.3. The van der Waals surface area contributed by atoms with Gasteiger partial charge in [0, 0.05) is 38.9 Å².